The van der Waals surface area contributed by atoms with Crippen LogP contribution in [0.4, 0.5) is 8.78 Å². The van der Waals surface area contributed by atoms with Crippen molar-refractivity contribution in [1.29, 1.82) is 0 Å². The first-order chi connectivity index (χ1) is 16.8. The van der Waals surface area contributed by atoms with Crippen LogP contribution in [0.1, 0.15) is 38.8 Å². The monoisotopic (exact) mass is 483 g/mol. The summed E-state index contributed by atoms with van der Waals surface area (Å²) in [4.78, 5) is 18.6. The summed E-state index contributed by atoms with van der Waals surface area (Å²) in [6, 6.07) is 8.37. The predicted octanol–water partition coefficient (Wildman–Crippen LogP) is 2.60. The molecule has 6 rings (SSSR count). The normalized spacial score (nSPS) is 22.8. The molecule has 1 saturated heterocycles. The zero-order valence-electron chi connectivity index (χ0n) is 18.8. The average molecular weight is 483 g/mol. The number of nitrogens with two attached hydrogens (primary N) is 1. The van der Waals surface area contributed by atoms with E-state index in [1.807, 2.05) is 25.3 Å². The van der Waals surface area contributed by atoms with Crippen LogP contribution in [0, 0.1) is 6.92 Å². The second-order valence-electron chi connectivity index (χ2n) is 8.97. The van der Waals surface area contributed by atoms with Gasteiger partial charge in [-0.1, -0.05) is 6.07 Å². The van der Waals surface area contributed by atoms with E-state index in [1.165, 1.54) is 12.1 Å². The molecule has 11 heteroatoms. The number of piperazine rings is 1. The van der Waals surface area contributed by atoms with Gasteiger partial charge in [-0.15, -0.1) is 8.78 Å². The van der Waals surface area contributed by atoms with Crippen molar-refractivity contribution in [2.75, 3.05) is 13.1 Å². The largest absolute Gasteiger partial charge is 0.586 e. The Bertz CT molecular complexity index is 1330. The lowest BCUT2D eigenvalue weighted by atomic mass is 9.93. The SMILES string of the molecule is Cc1c([C@@H]2CN(Cc3cn(-c4ccc5c(c4)OC(F)(F)O5)cn3)C[C@H](N)N2)ccc2c1COC2=O. The number of imidazole rings is 1. The van der Waals surface area contributed by atoms with Gasteiger partial charge in [0, 0.05) is 43.5 Å². The molecule has 182 valence electrons. The number of hydrogen-bond acceptors (Lipinski definition) is 8. The lowest BCUT2D eigenvalue weighted by Crippen LogP contribution is -2.56. The fraction of sp³-hybridized carbons (Fsp3) is 0.333. The molecule has 0 amide bonds. The zero-order chi connectivity index (χ0) is 24.3. The quantitative estimate of drug-likeness (QED) is 0.546. The number of carbonyl (C=O) groups excluding carboxylic acids is 1. The first-order valence-electron chi connectivity index (χ1n) is 11.2. The van der Waals surface area contributed by atoms with E-state index in [0.717, 1.165) is 22.4 Å². The van der Waals surface area contributed by atoms with Gasteiger partial charge >= 0.3 is 12.3 Å². The van der Waals surface area contributed by atoms with Gasteiger partial charge in [-0.25, -0.2) is 9.78 Å². The maximum absolute atomic E-state index is 13.3. The number of aromatic nitrogens is 2. The number of halogens is 2. The third-order valence-corrected chi connectivity index (χ3v) is 6.60. The first kappa shape index (κ1) is 22.0. The molecular formula is C24H23F2N5O4. The maximum atomic E-state index is 13.3. The van der Waals surface area contributed by atoms with Crippen molar-refractivity contribution in [3.8, 4) is 17.2 Å². The van der Waals surface area contributed by atoms with Crippen molar-refractivity contribution in [2.24, 2.45) is 5.73 Å². The van der Waals surface area contributed by atoms with Crippen LogP contribution >= 0.6 is 0 Å². The highest BCUT2D eigenvalue weighted by Gasteiger charge is 2.43. The van der Waals surface area contributed by atoms with Crippen LogP contribution in [0.25, 0.3) is 5.69 Å². The standard InChI is InChI=1S/C24H23F2N5O4/c1-13-16(3-4-17-18(13)11-33-23(17)32)19-9-30(10-22(27)29-19)7-14-8-31(12-28-14)15-2-5-20-21(6-15)35-24(25,26)34-20/h2-6,8,12,19,22,29H,7,9-11,27H2,1H3/t19-,22+/m0/s1. The molecule has 0 aliphatic carbocycles. The van der Waals surface area contributed by atoms with E-state index < -0.39 is 6.29 Å². The predicted molar refractivity (Wildman–Crippen MR) is 119 cm³/mol. The number of cyclic esters (lactones) is 1. The first-order valence-corrected chi connectivity index (χ1v) is 11.2. The number of alkyl halides is 2. The average Bonchev–Trinajstić information content (AvgIpc) is 3.49. The summed E-state index contributed by atoms with van der Waals surface area (Å²) in [6.45, 7) is 4.20. The Morgan fingerprint density at radius 2 is 2.03 bits per heavy atom. The highest BCUT2D eigenvalue weighted by atomic mass is 19.3. The van der Waals surface area contributed by atoms with Crippen molar-refractivity contribution in [3.63, 3.8) is 0 Å². The van der Waals surface area contributed by atoms with Crippen LogP contribution in [0.15, 0.2) is 42.9 Å². The molecule has 1 aromatic heterocycles. The Balaban J connectivity index is 1.18. The zero-order valence-corrected chi connectivity index (χ0v) is 18.8. The number of benzene rings is 2. The second kappa shape index (κ2) is 8.01. The van der Waals surface area contributed by atoms with Crippen LogP contribution in [-0.4, -0.2) is 46.0 Å². The Morgan fingerprint density at radius 3 is 2.89 bits per heavy atom. The molecule has 3 aliphatic heterocycles. The fourth-order valence-electron chi connectivity index (χ4n) is 4.95. The molecule has 0 bridgehead atoms. The molecule has 3 aromatic rings. The van der Waals surface area contributed by atoms with Crippen molar-refractivity contribution >= 4 is 5.97 Å². The molecular weight excluding hydrogens is 460 g/mol. The molecule has 0 saturated carbocycles. The molecule has 2 atom stereocenters. The van der Waals surface area contributed by atoms with E-state index in [0.29, 0.717) is 37.5 Å². The molecule has 4 heterocycles. The van der Waals surface area contributed by atoms with Gasteiger partial charge in [0.15, 0.2) is 11.5 Å². The van der Waals surface area contributed by atoms with E-state index in [-0.39, 0.29) is 29.7 Å². The number of esters is 1. The van der Waals surface area contributed by atoms with E-state index in [4.69, 9.17) is 10.5 Å². The second-order valence-corrected chi connectivity index (χ2v) is 8.97. The van der Waals surface area contributed by atoms with E-state index >= 15 is 0 Å². The molecule has 0 unspecified atom stereocenters. The molecule has 9 nitrogen and oxygen atoms in total. The third kappa shape index (κ3) is 4.01. The van der Waals surface area contributed by atoms with Gasteiger partial charge in [0.25, 0.3) is 0 Å². The number of nitrogens with one attached hydrogen (secondary N) is 1. The Hall–Kier alpha value is -3.54. The third-order valence-electron chi connectivity index (χ3n) is 6.60. The van der Waals surface area contributed by atoms with Crippen molar-refractivity contribution in [3.05, 3.63) is 70.8 Å². The molecule has 0 spiro atoms. The minimum absolute atomic E-state index is 0.00212. The summed E-state index contributed by atoms with van der Waals surface area (Å²) >= 11 is 0. The summed E-state index contributed by atoms with van der Waals surface area (Å²) in [5.41, 5.74) is 11.4. The molecule has 35 heavy (non-hydrogen) atoms. The summed E-state index contributed by atoms with van der Waals surface area (Å²) < 4.78 is 42.6. The molecule has 1 fully saturated rings. The molecule has 3 N–H and O–H groups in total. The summed E-state index contributed by atoms with van der Waals surface area (Å²) in [6.07, 6.45) is -0.413. The number of ether oxygens (including phenoxy) is 3. The number of fused-ring (bicyclic) bond motifs is 2. The van der Waals surface area contributed by atoms with Crippen molar-refractivity contribution in [2.45, 2.75) is 38.6 Å². The van der Waals surface area contributed by atoms with Gasteiger partial charge in [0.05, 0.1) is 29.4 Å². The summed E-state index contributed by atoms with van der Waals surface area (Å²) in [5.74, 6) is -0.301. The van der Waals surface area contributed by atoms with Gasteiger partial charge in [-0.2, -0.15) is 0 Å². The lowest BCUT2D eigenvalue weighted by Gasteiger charge is -2.38. The minimum atomic E-state index is -3.65. The van der Waals surface area contributed by atoms with Crippen LogP contribution in [0.3, 0.4) is 0 Å². The highest BCUT2D eigenvalue weighted by Crippen LogP contribution is 2.41. The summed E-state index contributed by atoms with van der Waals surface area (Å²) in [5, 5.41) is 3.45. The number of carbonyl (C=O) groups is 1. The van der Waals surface area contributed by atoms with Gasteiger partial charge < -0.3 is 24.5 Å². The topological polar surface area (TPSA) is 104 Å². The van der Waals surface area contributed by atoms with Crippen molar-refractivity contribution < 1.29 is 27.8 Å². The fourth-order valence-corrected chi connectivity index (χ4v) is 4.95. The van der Waals surface area contributed by atoms with Crippen molar-refractivity contribution in [1.82, 2.24) is 19.8 Å². The number of hydrogen-bond donors (Lipinski definition) is 2. The summed E-state index contributed by atoms with van der Waals surface area (Å²) in [7, 11) is 0. The molecule has 3 aliphatic rings. The van der Waals surface area contributed by atoms with Gasteiger partial charge in [0.1, 0.15) is 6.61 Å². The van der Waals surface area contributed by atoms with E-state index in [2.05, 4.69) is 24.7 Å². The van der Waals surface area contributed by atoms with E-state index in [1.54, 1.807) is 17.0 Å². The van der Waals surface area contributed by atoms with Gasteiger partial charge in [-0.05, 0) is 36.2 Å². The molecule has 2 aromatic carbocycles. The van der Waals surface area contributed by atoms with Crippen LogP contribution in [-0.2, 0) is 17.9 Å². The number of nitrogens with zero attached hydrogens (tertiary/aromatic N) is 3. The molecule has 0 radical (unpaired) electrons. The smallest absolute Gasteiger partial charge is 0.457 e. The van der Waals surface area contributed by atoms with Crippen LogP contribution in [0.5, 0.6) is 11.5 Å². The highest BCUT2D eigenvalue weighted by molar-refractivity contribution is 5.94. The van der Waals surface area contributed by atoms with E-state index in [9.17, 15) is 13.6 Å². The Labute approximate surface area is 199 Å². The van der Waals surface area contributed by atoms with Crippen LogP contribution in [0.2, 0.25) is 0 Å². The van der Waals surface area contributed by atoms with Gasteiger partial charge in [0.2, 0.25) is 0 Å². The maximum Gasteiger partial charge on any atom is 0.586 e. The Kier molecular flexibility index (Phi) is 5.02. The minimum Gasteiger partial charge on any atom is -0.457 e. The lowest BCUT2D eigenvalue weighted by molar-refractivity contribution is -0.286. The van der Waals surface area contributed by atoms with Gasteiger partial charge in [-0.3, -0.25) is 10.2 Å². The van der Waals surface area contributed by atoms with Crippen LogP contribution < -0.4 is 20.5 Å². The number of rotatable bonds is 4. The Morgan fingerprint density at radius 1 is 1.20 bits per heavy atom.